The van der Waals surface area contributed by atoms with Gasteiger partial charge in [-0.05, 0) is 50.7 Å². The fraction of sp³-hybridized carbons (Fsp3) is 0.650. The number of amides is 2. The molecular formula is C20H27N3O3. The molecule has 1 aromatic rings. The third-order valence-corrected chi connectivity index (χ3v) is 6.11. The third kappa shape index (κ3) is 3.47. The average molecular weight is 357 g/mol. The van der Waals surface area contributed by atoms with Crippen LogP contribution in [0.1, 0.15) is 41.9 Å². The minimum atomic E-state index is -0.161. The summed E-state index contributed by atoms with van der Waals surface area (Å²) in [7, 11) is 0. The summed E-state index contributed by atoms with van der Waals surface area (Å²) >= 11 is 0. The fourth-order valence-corrected chi connectivity index (χ4v) is 4.28. The lowest BCUT2D eigenvalue weighted by Gasteiger charge is -2.37. The first kappa shape index (κ1) is 17.5. The Bertz CT molecular complexity index is 695. The summed E-state index contributed by atoms with van der Waals surface area (Å²) in [6, 6.07) is 5.50. The molecule has 0 aromatic carbocycles. The molecule has 3 fully saturated rings. The van der Waals surface area contributed by atoms with Crippen molar-refractivity contribution in [2.24, 2.45) is 17.3 Å². The molecule has 26 heavy (non-hydrogen) atoms. The molecule has 2 aliphatic heterocycles. The van der Waals surface area contributed by atoms with Crippen molar-refractivity contribution >= 4 is 11.8 Å². The Balaban J connectivity index is 1.52. The number of carbonyl (C=O) groups excluding carboxylic acids is 2. The van der Waals surface area contributed by atoms with Gasteiger partial charge in [0.25, 0.3) is 5.91 Å². The van der Waals surface area contributed by atoms with E-state index in [1.54, 1.807) is 6.07 Å². The Hall–Kier alpha value is -1.95. The SMILES string of the molecule is Cc1cccc(C(=O)N2CC(C(=O)NCC3CC3)C3(CCOCC3)C2)n1. The lowest BCUT2D eigenvalue weighted by Crippen LogP contribution is -2.44. The molecule has 1 N–H and O–H groups in total. The number of carbonyl (C=O) groups is 2. The fourth-order valence-electron chi connectivity index (χ4n) is 4.28. The van der Waals surface area contributed by atoms with Crippen LogP contribution in [-0.4, -0.2) is 54.5 Å². The molecule has 1 aliphatic carbocycles. The van der Waals surface area contributed by atoms with Gasteiger partial charge in [-0.3, -0.25) is 9.59 Å². The number of ether oxygens (including phenoxy) is 1. The van der Waals surface area contributed by atoms with Crippen LogP contribution in [0.5, 0.6) is 0 Å². The predicted octanol–water partition coefficient (Wildman–Crippen LogP) is 1.79. The first-order valence-electron chi connectivity index (χ1n) is 9.66. The van der Waals surface area contributed by atoms with E-state index in [0.717, 1.165) is 25.1 Å². The van der Waals surface area contributed by atoms with Crippen LogP contribution in [0, 0.1) is 24.2 Å². The molecule has 3 aliphatic rings. The number of rotatable bonds is 4. The molecular weight excluding hydrogens is 330 g/mol. The van der Waals surface area contributed by atoms with Crippen LogP contribution in [0.15, 0.2) is 18.2 Å². The minimum absolute atomic E-state index is 0.0722. The van der Waals surface area contributed by atoms with Gasteiger partial charge in [-0.15, -0.1) is 0 Å². The molecule has 140 valence electrons. The highest BCUT2D eigenvalue weighted by Crippen LogP contribution is 2.44. The quantitative estimate of drug-likeness (QED) is 0.892. The van der Waals surface area contributed by atoms with Gasteiger partial charge in [-0.1, -0.05) is 6.07 Å². The highest BCUT2D eigenvalue weighted by Gasteiger charge is 2.52. The highest BCUT2D eigenvalue weighted by molar-refractivity contribution is 5.93. The molecule has 6 heteroatoms. The van der Waals surface area contributed by atoms with E-state index >= 15 is 0 Å². The highest BCUT2D eigenvalue weighted by atomic mass is 16.5. The average Bonchev–Trinajstić information content (AvgIpc) is 3.41. The van der Waals surface area contributed by atoms with Gasteiger partial charge in [-0.2, -0.15) is 0 Å². The summed E-state index contributed by atoms with van der Waals surface area (Å²) in [6.07, 6.45) is 4.10. The summed E-state index contributed by atoms with van der Waals surface area (Å²) in [5.41, 5.74) is 1.13. The number of aryl methyl sites for hydroxylation is 1. The Morgan fingerprint density at radius 2 is 2.08 bits per heavy atom. The van der Waals surface area contributed by atoms with E-state index < -0.39 is 0 Å². The molecule has 0 bridgehead atoms. The first-order chi connectivity index (χ1) is 12.6. The summed E-state index contributed by atoms with van der Waals surface area (Å²) in [4.78, 5) is 32.1. The van der Waals surface area contributed by atoms with Crippen molar-refractivity contribution in [3.63, 3.8) is 0 Å². The van der Waals surface area contributed by atoms with E-state index in [1.807, 2.05) is 24.0 Å². The van der Waals surface area contributed by atoms with Gasteiger partial charge >= 0.3 is 0 Å². The second kappa shape index (κ2) is 6.99. The third-order valence-electron chi connectivity index (χ3n) is 6.11. The van der Waals surface area contributed by atoms with E-state index in [9.17, 15) is 9.59 Å². The topological polar surface area (TPSA) is 71.5 Å². The van der Waals surface area contributed by atoms with Gasteiger partial charge in [0.05, 0.1) is 5.92 Å². The van der Waals surface area contributed by atoms with Crippen molar-refractivity contribution in [3.8, 4) is 0 Å². The molecule has 4 rings (SSSR count). The first-order valence-corrected chi connectivity index (χ1v) is 9.66. The molecule has 2 amide bonds. The van der Waals surface area contributed by atoms with Crippen molar-refractivity contribution in [3.05, 3.63) is 29.6 Å². The van der Waals surface area contributed by atoms with Crippen LogP contribution in [-0.2, 0) is 9.53 Å². The van der Waals surface area contributed by atoms with Gasteiger partial charge in [0.1, 0.15) is 5.69 Å². The largest absolute Gasteiger partial charge is 0.381 e. The summed E-state index contributed by atoms with van der Waals surface area (Å²) in [5.74, 6) is 0.530. The van der Waals surface area contributed by atoms with Gasteiger partial charge < -0.3 is 15.0 Å². The number of nitrogens with one attached hydrogen (secondary N) is 1. The Kier molecular flexibility index (Phi) is 4.69. The Labute approximate surface area is 154 Å². The number of hydrogen-bond acceptors (Lipinski definition) is 4. The van der Waals surface area contributed by atoms with Crippen molar-refractivity contribution in [1.29, 1.82) is 0 Å². The van der Waals surface area contributed by atoms with E-state index in [4.69, 9.17) is 4.74 Å². The molecule has 1 atom stereocenters. The standard InChI is InChI=1S/C20H27N3O3/c1-14-3-2-4-17(22-14)19(25)23-12-16(18(24)21-11-15-5-6-15)20(13-23)7-9-26-10-8-20/h2-4,15-16H,5-13H2,1H3,(H,21,24). The molecule has 1 saturated carbocycles. The Morgan fingerprint density at radius 1 is 1.31 bits per heavy atom. The number of nitrogens with zero attached hydrogens (tertiary/aromatic N) is 2. The molecule has 1 unspecified atom stereocenters. The zero-order chi connectivity index (χ0) is 18.1. The van der Waals surface area contributed by atoms with Crippen molar-refractivity contribution in [1.82, 2.24) is 15.2 Å². The monoisotopic (exact) mass is 357 g/mol. The van der Waals surface area contributed by atoms with Gasteiger partial charge in [0.15, 0.2) is 0 Å². The maximum atomic E-state index is 13.0. The smallest absolute Gasteiger partial charge is 0.272 e. The van der Waals surface area contributed by atoms with Crippen LogP contribution in [0.3, 0.4) is 0 Å². The molecule has 0 radical (unpaired) electrons. The number of aromatic nitrogens is 1. The van der Waals surface area contributed by atoms with E-state index in [0.29, 0.717) is 37.9 Å². The molecule has 3 heterocycles. The lowest BCUT2D eigenvalue weighted by atomic mass is 9.71. The molecule has 1 aromatic heterocycles. The molecule has 2 saturated heterocycles. The van der Waals surface area contributed by atoms with Crippen molar-refractivity contribution in [2.75, 3.05) is 32.8 Å². The van der Waals surface area contributed by atoms with Crippen LogP contribution < -0.4 is 5.32 Å². The number of likely N-dealkylation sites (tertiary alicyclic amines) is 1. The van der Waals surface area contributed by atoms with Crippen LogP contribution in [0.4, 0.5) is 0 Å². The normalized spacial score (nSPS) is 24.7. The maximum absolute atomic E-state index is 13.0. The van der Waals surface area contributed by atoms with Crippen LogP contribution in [0.25, 0.3) is 0 Å². The van der Waals surface area contributed by atoms with Crippen LogP contribution in [0.2, 0.25) is 0 Å². The van der Waals surface area contributed by atoms with E-state index in [1.165, 1.54) is 12.8 Å². The second-order valence-electron chi connectivity index (χ2n) is 8.07. The summed E-state index contributed by atoms with van der Waals surface area (Å²) in [5, 5.41) is 3.13. The van der Waals surface area contributed by atoms with Gasteiger partial charge in [-0.25, -0.2) is 4.98 Å². The van der Waals surface area contributed by atoms with Crippen LogP contribution >= 0.6 is 0 Å². The lowest BCUT2D eigenvalue weighted by molar-refractivity contribution is -0.129. The number of hydrogen-bond donors (Lipinski definition) is 1. The number of pyridine rings is 1. The van der Waals surface area contributed by atoms with Crippen molar-refractivity contribution < 1.29 is 14.3 Å². The van der Waals surface area contributed by atoms with Crippen molar-refractivity contribution in [2.45, 2.75) is 32.6 Å². The van der Waals surface area contributed by atoms with E-state index in [2.05, 4.69) is 10.3 Å². The van der Waals surface area contributed by atoms with Gasteiger partial charge in [0, 0.05) is 44.0 Å². The minimum Gasteiger partial charge on any atom is -0.381 e. The zero-order valence-corrected chi connectivity index (χ0v) is 15.4. The molecule has 6 nitrogen and oxygen atoms in total. The summed E-state index contributed by atoms with van der Waals surface area (Å²) < 4.78 is 5.54. The maximum Gasteiger partial charge on any atom is 0.272 e. The Morgan fingerprint density at radius 3 is 2.77 bits per heavy atom. The molecule has 1 spiro atoms. The van der Waals surface area contributed by atoms with E-state index in [-0.39, 0.29) is 23.1 Å². The zero-order valence-electron chi connectivity index (χ0n) is 15.4. The predicted molar refractivity (Wildman–Crippen MR) is 96.6 cm³/mol. The second-order valence-corrected chi connectivity index (χ2v) is 8.07. The van der Waals surface area contributed by atoms with Gasteiger partial charge in [0.2, 0.25) is 5.91 Å². The summed E-state index contributed by atoms with van der Waals surface area (Å²) in [6.45, 7) is 5.08.